The third-order valence-electron chi connectivity index (χ3n) is 3.14. The number of rotatable bonds is 1. The summed E-state index contributed by atoms with van der Waals surface area (Å²) < 4.78 is 0. The summed E-state index contributed by atoms with van der Waals surface area (Å²) in [6.45, 7) is 2.06. The molecule has 2 rings (SSSR count). The maximum absolute atomic E-state index is 10.3. The van der Waals surface area contributed by atoms with Crippen LogP contribution in [-0.2, 0) is 12.0 Å². The summed E-state index contributed by atoms with van der Waals surface area (Å²) in [4.78, 5) is 0. The van der Waals surface area contributed by atoms with Gasteiger partial charge >= 0.3 is 0 Å². The maximum Gasteiger partial charge on any atom is 0.0896 e. The normalized spacial score (nSPS) is 26.9. The monoisotopic (exact) mass is 176 g/mol. The Morgan fingerprint density at radius 3 is 2.92 bits per heavy atom. The van der Waals surface area contributed by atoms with E-state index in [1.165, 1.54) is 5.56 Å². The lowest BCUT2D eigenvalue weighted by molar-refractivity contribution is 0.0148. The molecule has 0 spiro atoms. The van der Waals surface area contributed by atoms with Crippen molar-refractivity contribution in [3.63, 3.8) is 0 Å². The first-order valence-corrected chi connectivity index (χ1v) is 5.07. The molecule has 1 atom stereocenters. The molecular weight excluding hydrogens is 160 g/mol. The molecule has 0 unspecified atom stereocenters. The van der Waals surface area contributed by atoms with Crippen LogP contribution in [0.25, 0.3) is 0 Å². The molecule has 0 aromatic heterocycles. The highest BCUT2D eigenvalue weighted by atomic mass is 16.3. The van der Waals surface area contributed by atoms with Crippen LogP contribution >= 0.6 is 0 Å². The fraction of sp³-hybridized carbons (Fsp3) is 0.500. The Balaban J connectivity index is 2.48. The van der Waals surface area contributed by atoms with E-state index < -0.39 is 5.60 Å². The van der Waals surface area contributed by atoms with E-state index in [1.807, 2.05) is 6.07 Å². The van der Waals surface area contributed by atoms with Crippen LogP contribution in [0.1, 0.15) is 37.3 Å². The van der Waals surface area contributed by atoms with Crippen LogP contribution in [0.5, 0.6) is 0 Å². The third-order valence-corrected chi connectivity index (χ3v) is 3.14. The maximum atomic E-state index is 10.3. The number of fused-ring (bicyclic) bond motifs is 1. The Hall–Kier alpha value is -0.820. The predicted octanol–water partition coefficient (Wildman–Crippen LogP) is 2.62. The second-order valence-corrected chi connectivity index (χ2v) is 3.90. The Morgan fingerprint density at radius 2 is 2.15 bits per heavy atom. The molecule has 0 aliphatic heterocycles. The number of aryl methyl sites for hydroxylation is 1. The highest BCUT2D eigenvalue weighted by molar-refractivity contribution is 5.34. The van der Waals surface area contributed by atoms with E-state index in [1.54, 1.807) is 0 Å². The molecule has 1 heteroatoms. The van der Waals surface area contributed by atoms with Gasteiger partial charge in [-0.25, -0.2) is 0 Å². The zero-order valence-electron chi connectivity index (χ0n) is 8.09. The Bertz CT molecular complexity index is 306. The van der Waals surface area contributed by atoms with E-state index in [2.05, 4.69) is 25.1 Å². The Morgan fingerprint density at radius 1 is 1.38 bits per heavy atom. The van der Waals surface area contributed by atoms with Crippen molar-refractivity contribution in [2.45, 2.75) is 38.2 Å². The van der Waals surface area contributed by atoms with Gasteiger partial charge in [-0.05, 0) is 36.8 Å². The van der Waals surface area contributed by atoms with Crippen LogP contribution in [0.15, 0.2) is 24.3 Å². The van der Waals surface area contributed by atoms with Crippen LogP contribution in [0, 0.1) is 0 Å². The summed E-state index contributed by atoms with van der Waals surface area (Å²) in [5.41, 5.74) is 1.94. The molecule has 1 aliphatic carbocycles. The molecule has 0 heterocycles. The fourth-order valence-electron chi connectivity index (χ4n) is 2.27. The van der Waals surface area contributed by atoms with Gasteiger partial charge in [-0.3, -0.25) is 0 Å². The first-order valence-electron chi connectivity index (χ1n) is 5.07. The highest BCUT2D eigenvalue weighted by Crippen LogP contribution is 2.37. The molecule has 1 aromatic carbocycles. The summed E-state index contributed by atoms with van der Waals surface area (Å²) in [7, 11) is 0. The topological polar surface area (TPSA) is 20.2 Å². The van der Waals surface area contributed by atoms with Crippen LogP contribution in [0.4, 0.5) is 0 Å². The van der Waals surface area contributed by atoms with Crippen molar-refractivity contribution in [3.05, 3.63) is 35.4 Å². The molecule has 1 nitrogen and oxygen atoms in total. The summed E-state index contributed by atoms with van der Waals surface area (Å²) >= 11 is 0. The number of hydrogen-bond acceptors (Lipinski definition) is 1. The minimum absolute atomic E-state index is 0.547. The van der Waals surface area contributed by atoms with Crippen molar-refractivity contribution in [1.29, 1.82) is 0 Å². The van der Waals surface area contributed by atoms with E-state index in [4.69, 9.17) is 0 Å². The van der Waals surface area contributed by atoms with E-state index >= 15 is 0 Å². The standard InChI is InChI=1S/C12H16O/c1-2-12(13)9-5-7-10-6-3-4-8-11(10)12/h3-4,6,8,13H,2,5,7,9H2,1H3/t12-/m1/s1. The van der Waals surface area contributed by atoms with Gasteiger partial charge in [0.25, 0.3) is 0 Å². The first kappa shape index (κ1) is 8.76. The molecule has 0 saturated heterocycles. The lowest BCUT2D eigenvalue weighted by Gasteiger charge is -2.33. The predicted molar refractivity (Wildman–Crippen MR) is 53.6 cm³/mol. The van der Waals surface area contributed by atoms with Crippen LogP contribution < -0.4 is 0 Å². The van der Waals surface area contributed by atoms with E-state index in [-0.39, 0.29) is 0 Å². The number of benzene rings is 1. The molecule has 1 N–H and O–H groups in total. The largest absolute Gasteiger partial charge is 0.385 e. The molecule has 0 radical (unpaired) electrons. The van der Waals surface area contributed by atoms with Crippen molar-refractivity contribution >= 4 is 0 Å². The zero-order chi connectivity index (χ0) is 9.31. The van der Waals surface area contributed by atoms with Crippen LogP contribution in [0.3, 0.4) is 0 Å². The molecule has 0 saturated carbocycles. The Labute approximate surface area is 79.4 Å². The number of aliphatic hydroxyl groups is 1. The van der Waals surface area contributed by atoms with Gasteiger partial charge in [0.1, 0.15) is 0 Å². The van der Waals surface area contributed by atoms with Gasteiger partial charge in [-0.1, -0.05) is 31.2 Å². The molecule has 0 amide bonds. The zero-order valence-corrected chi connectivity index (χ0v) is 8.09. The molecule has 1 aromatic rings. The minimum Gasteiger partial charge on any atom is -0.385 e. The van der Waals surface area contributed by atoms with E-state index in [0.29, 0.717) is 0 Å². The highest BCUT2D eigenvalue weighted by Gasteiger charge is 2.31. The van der Waals surface area contributed by atoms with Crippen molar-refractivity contribution in [3.8, 4) is 0 Å². The lowest BCUT2D eigenvalue weighted by atomic mass is 9.78. The average Bonchev–Trinajstić information content (AvgIpc) is 2.19. The molecule has 13 heavy (non-hydrogen) atoms. The second kappa shape index (κ2) is 3.15. The second-order valence-electron chi connectivity index (χ2n) is 3.90. The SMILES string of the molecule is CC[C@@]1(O)CCCc2ccccc21. The molecule has 1 aliphatic rings. The first-order chi connectivity index (χ1) is 6.26. The summed E-state index contributed by atoms with van der Waals surface area (Å²) in [5.74, 6) is 0. The molecule has 0 bridgehead atoms. The van der Waals surface area contributed by atoms with Gasteiger partial charge in [-0.2, -0.15) is 0 Å². The lowest BCUT2D eigenvalue weighted by Crippen LogP contribution is -2.29. The van der Waals surface area contributed by atoms with Crippen molar-refractivity contribution in [2.24, 2.45) is 0 Å². The van der Waals surface area contributed by atoms with Gasteiger partial charge in [0.15, 0.2) is 0 Å². The molecule has 70 valence electrons. The van der Waals surface area contributed by atoms with Gasteiger partial charge in [-0.15, -0.1) is 0 Å². The van der Waals surface area contributed by atoms with Crippen molar-refractivity contribution in [2.75, 3.05) is 0 Å². The number of hydrogen-bond donors (Lipinski definition) is 1. The van der Waals surface area contributed by atoms with E-state index in [0.717, 1.165) is 31.2 Å². The minimum atomic E-state index is -0.547. The van der Waals surface area contributed by atoms with Gasteiger partial charge in [0.05, 0.1) is 5.60 Å². The van der Waals surface area contributed by atoms with Gasteiger partial charge in [0, 0.05) is 0 Å². The van der Waals surface area contributed by atoms with Crippen molar-refractivity contribution < 1.29 is 5.11 Å². The molecular formula is C12H16O. The van der Waals surface area contributed by atoms with E-state index in [9.17, 15) is 5.11 Å². The van der Waals surface area contributed by atoms with Crippen molar-refractivity contribution in [1.82, 2.24) is 0 Å². The average molecular weight is 176 g/mol. The summed E-state index contributed by atoms with van der Waals surface area (Å²) in [6.07, 6.45) is 3.98. The van der Waals surface area contributed by atoms with Gasteiger partial charge in [0.2, 0.25) is 0 Å². The third kappa shape index (κ3) is 1.37. The van der Waals surface area contributed by atoms with Crippen LogP contribution in [-0.4, -0.2) is 5.11 Å². The summed E-state index contributed by atoms with van der Waals surface area (Å²) in [5, 5.41) is 10.3. The molecule has 0 fully saturated rings. The van der Waals surface area contributed by atoms with Gasteiger partial charge < -0.3 is 5.11 Å². The fourth-order valence-corrected chi connectivity index (χ4v) is 2.27. The smallest absolute Gasteiger partial charge is 0.0896 e. The quantitative estimate of drug-likeness (QED) is 0.697. The van der Waals surface area contributed by atoms with Crippen LogP contribution in [0.2, 0.25) is 0 Å². The Kier molecular flexibility index (Phi) is 2.12. The summed E-state index contributed by atoms with van der Waals surface area (Å²) in [6, 6.07) is 8.28.